The molecule has 4 rings (SSSR count). The standard InChI is InChI=1S/C34H43N5O6/c1-34(2,3)31(37-33(43)45-28-15-17-44-22-28)32(42)38-39(20-25-11-13-26(14-12-25)27-10-7-16-35-19-27)21-30(41)29(36-23-40)18-24-8-5-4-6-9-24/h4-14,16,19,23,28-31,41H,15,17-18,20-22H2,1-3H3,(H,36,40)(H,37,43)(H,38,42)/t28?,29-,30-,31+/m0/s1. The monoisotopic (exact) mass is 617 g/mol. The van der Waals surface area contributed by atoms with E-state index in [1.54, 1.807) is 17.4 Å². The van der Waals surface area contributed by atoms with Crippen molar-refractivity contribution in [3.05, 3.63) is 90.3 Å². The van der Waals surface area contributed by atoms with Gasteiger partial charge in [-0.2, -0.15) is 0 Å². The number of aromatic nitrogens is 1. The van der Waals surface area contributed by atoms with Crippen LogP contribution in [0.4, 0.5) is 4.79 Å². The van der Waals surface area contributed by atoms with Gasteiger partial charge in [0.15, 0.2) is 0 Å². The number of alkyl carbamates (subject to hydrolysis) is 1. The van der Waals surface area contributed by atoms with Crippen molar-refractivity contribution in [1.29, 1.82) is 0 Å². The summed E-state index contributed by atoms with van der Waals surface area (Å²) in [6.07, 6.45) is 2.97. The second kappa shape index (κ2) is 16.1. The summed E-state index contributed by atoms with van der Waals surface area (Å²) < 4.78 is 10.7. The van der Waals surface area contributed by atoms with Crippen LogP contribution in [0.25, 0.3) is 11.1 Å². The fourth-order valence-corrected chi connectivity index (χ4v) is 5.13. The lowest BCUT2D eigenvalue weighted by atomic mass is 9.86. The smallest absolute Gasteiger partial charge is 0.408 e. The molecular weight excluding hydrogens is 574 g/mol. The first-order chi connectivity index (χ1) is 21.6. The molecule has 11 heteroatoms. The van der Waals surface area contributed by atoms with Gasteiger partial charge in [0.2, 0.25) is 6.41 Å². The summed E-state index contributed by atoms with van der Waals surface area (Å²) >= 11 is 0. The zero-order chi connectivity index (χ0) is 32.2. The number of nitrogens with one attached hydrogen (secondary N) is 3. The Kier molecular flexibility index (Phi) is 12.0. The number of aliphatic hydroxyl groups is 1. The van der Waals surface area contributed by atoms with Crippen molar-refractivity contribution >= 4 is 18.4 Å². The third-order valence-corrected chi connectivity index (χ3v) is 7.60. The van der Waals surface area contributed by atoms with Crippen LogP contribution in [-0.2, 0) is 32.0 Å². The molecular formula is C34H43N5O6. The number of hydrazine groups is 1. The molecule has 0 bridgehead atoms. The maximum atomic E-state index is 13.8. The second-order valence-corrected chi connectivity index (χ2v) is 12.3. The first kappa shape index (κ1) is 33.6. The van der Waals surface area contributed by atoms with Gasteiger partial charge in [-0.25, -0.2) is 9.80 Å². The molecule has 1 saturated heterocycles. The Bertz CT molecular complexity index is 1360. The lowest BCUT2D eigenvalue weighted by Gasteiger charge is -2.34. The second-order valence-electron chi connectivity index (χ2n) is 12.3. The number of hydrogen-bond donors (Lipinski definition) is 4. The highest BCUT2D eigenvalue weighted by molar-refractivity contribution is 5.86. The van der Waals surface area contributed by atoms with Crippen LogP contribution in [0.2, 0.25) is 0 Å². The average molecular weight is 618 g/mol. The fraction of sp³-hybridized carbons (Fsp3) is 0.412. The van der Waals surface area contributed by atoms with Crippen LogP contribution in [0, 0.1) is 5.41 Å². The summed E-state index contributed by atoms with van der Waals surface area (Å²) in [5.41, 5.74) is 6.04. The number of benzene rings is 2. The number of rotatable bonds is 14. The predicted molar refractivity (Wildman–Crippen MR) is 169 cm³/mol. The molecule has 4 atom stereocenters. The number of hydrogen-bond acceptors (Lipinski definition) is 8. The topological polar surface area (TPSA) is 142 Å². The molecule has 0 spiro atoms. The van der Waals surface area contributed by atoms with Crippen molar-refractivity contribution in [2.45, 2.75) is 64.4 Å². The molecule has 11 nitrogen and oxygen atoms in total. The summed E-state index contributed by atoms with van der Waals surface area (Å²) in [4.78, 5) is 42.1. The van der Waals surface area contributed by atoms with Crippen LogP contribution in [0.5, 0.6) is 0 Å². The first-order valence-electron chi connectivity index (χ1n) is 15.1. The molecule has 3 aromatic rings. The first-order valence-corrected chi connectivity index (χ1v) is 15.1. The third-order valence-electron chi connectivity index (χ3n) is 7.60. The van der Waals surface area contributed by atoms with Crippen molar-refractivity contribution in [3.8, 4) is 11.1 Å². The Morgan fingerprint density at radius 2 is 1.82 bits per heavy atom. The molecule has 2 aromatic carbocycles. The van der Waals surface area contributed by atoms with Crippen LogP contribution < -0.4 is 16.1 Å². The summed E-state index contributed by atoms with van der Waals surface area (Å²) in [6, 6.07) is 19.6. The Morgan fingerprint density at radius 1 is 1.07 bits per heavy atom. The van der Waals surface area contributed by atoms with E-state index in [1.807, 2.05) is 87.5 Å². The fourth-order valence-electron chi connectivity index (χ4n) is 5.13. The molecule has 0 saturated carbocycles. The maximum Gasteiger partial charge on any atom is 0.408 e. The molecule has 1 aromatic heterocycles. The number of carbonyl (C=O) groups excluding carboxylic acids is 3. The summed E-state index contributed by atoms with van der Waals surface area (Å²) in [5.74, 6) is -0.468. The SMILES string of the molecule is CC(C)(C)[C@H](NC(=O)OC1CCOC1)C(=O)NN(Cc1ccc(-c2cccnc2)cc1)C[C@H](O)[C@H](Cc1ccccc1)NC=O. The average Bonchev–Trinajstić information content (AvgIpc) is 3.53. The van der Waals surface area contributed by atoms with E-state index in [1.165, 1.54) is 0 Å². The molecule has 3 amide bonds. The highest BCUT2D eigenvalue weighted by Crippen LogP contribution is 2.22. The summed E-state index contributed by atoms with van der Waals surface area (Å²) in [7, 11) is 0. The predicted octanol–water partition coefficient (Wildman–Crippen LogP) is 3.23. The summed E-state index contributed by atoms with van der Waals surface area (Å²) in [5, 5.41) is 18.4. The Labute approximate surface area is 264 Å². The molecule has 1 unspecified atom stereocenters. The quantitative estimate of drug-likeness (QED) is 0.160. The van der Waals surface area contributed by atoms with Gasteiger partial charge in [0.05, 0.1) is 25.4 Å². The number of pyridine rings is 1. The van der Waals surface area contributed by atoms with Crippen molar-refractivity contribution in [2.24, 2.45) is 5.41 Å². The molecule has 0 radical (unpaired) electrons. The zero-order valence-electron chi connectivity index (χ0n) is 26.0. The summed E-state index contributed by atoms with van der Waals surface area (Å²) in [6.45, 7) is 6.62. The zero-order valence-corrected chi connectivity index (χ0v) is 26.0. The minimum atomic E-state index is -1.04. The minimum Gasteiger partial charge on any atom is -0.444 e. The van der Waals surface area contributed by atoms with Gasteiger partial charge in [0, 0.05) is 31.9 Å². The van der Waals surface area contributed by atoms with Gasteiger partial charge in [0.25, 0.3) is 5.91 Å². The van der Waals surface area contributed by atoms with Crippen LogP contribution in [0.3, 0.4) is 0 Å². The van der Waals surface area contributed by atoms with Crippen LogP contribution in [-0.4, -0.2) is 77.6 Å². The van der Waals surface area contributed by atoms with Gasteiger partial charge in [-0.3, -0.25) is 20.0 Å². The van der Waals surface area contributed by atoms with E-state index in [2.05, 4.69) is 21.0 Å². The van der Waals surface area contributed by atoms with Crippen molar-refractivity contribution in [3.63, 3.8) is 0 Å². The molecule has 0 aliphatic carbocycles. The molecule has 1 aliphatic heterocycles. The van der Waals surface area contributed by atoms with Crippen LogP contribution in [0.15, 0.2) is 79.1 Å². The van der Waals surface area contributed by atoms with E-state index in [0.29, 0.717) is 32.5 Å². The third kappa shape index (κ3) is 10.4. The number of carbonyl (C=O) groups is 3. The lowest BCUT2D eigenvalue weighted by Crippen LogP contribution is -2.59. The highest BCUT2D eigenvalue weighted by atomic mass is 16.6. The lowest BCUT2D eigenvalue weighted by molar-refractivity contribution is -0.131. The van der Waals surface area contributed by atoms with Gasteiger partial charge < -0.3 is 25.2 Å². The van der Waals surface area contributed by atoms with E-state index in [0.717, 1.165) is 22.3 Å². The number of amides is 3. The molecule has 1 fully saturated rings. The van der Waals surface area contributed by atoms with Crippen molar-refractivity contribution < 1.29 is 29.0 Å². The largest absolute Gasteiger partial charge is 0.444 e. The van der Waals surface area contributed by atoms with E-state index >= 15 is 0 Å². The number of nitrogens with zero attached hydrogens (tertiary/aromatic N) is 2. The van der Waals surface area contributed by atoms with Crippen LogP contribution in [0.1, 0.15) is 38.3 Å². The van der Waals surface area contributed by atoms with Gasteiger partial charge in [-0.15, -0.1) is 0 Å². The highest BCUT2D eigenvalue weighted by Gasteiger charge is 2.35. The van der Waals surface area contributed by atoms with Gasteiger partial charge in [-0.1, -0.05) is 81.4 Å². The van der Waals surface area contributed by atoms with E-state index in [9.17, 15) is 19.5 Å². The van der Waals surface area contributed by atoms with Gasteiger partial charge in [0.1, 0.15) is 12.1 Å². The van der Waals surface area contributed by atoms with Crippen molar-refractivity contribution in [1.82, 2.24) is 26.1 Å². The van der Waals surface area contributed by atoms with Gasteiger partial charge >= 0.3 is 6.09 Å². The molecule has 45 heavy (non-hydrogen) atoms. The molecule has 240 valence electrons. The van der Waals surface area contributed by atoms with Crippen LogP contribution >= 0.6 is 0 Å². The Balaban J connectivity index is 1.52. The maximum absolute atomic E-state index is 13.8. The minimum absolute atomic E-state index is 0.00480. The normalized spacial score (nSPS) is 16.8. The number of aliphatic hydroxyl groups excluding tert-OH is 1. The molecule has 1 aliphatic rings. The van der Waals surface area contributed by atoms with E-state index in [4.69, 9.17) is 9.47 Å². The molecule has 2 heterocycles. The Hall–Kier alpha value is -4.32. The van der Waals surface area contributed by atoms with Crippen molar-refractivity contribution in [2.75, 3.05) is 19.8 Å². The number of ether oxygens (including phenoxy) is 2. The van der Waals surface area contributed by atoms with E-state index < -0.39 is 35.6 Å². The molecule has 4 N–H and O–H groups in total. The van der Waals surface area contributed by atoms with E-state index in [-0.39, 0.29) is 19.2 Å². The Morgan fingerprint density at radius 3 is 2.44 bits per heavy atom. The van der Waals surface area contributed by atoms with Gasteiger partial charge in [-0.05, 0) is 40.2 Å².